The van der Waals surface area contributed by atoms with E-state index in [9.17, 15) is 17.9 Å². The number of likely N-dealkylation sites (tertiary alicyclic amines) is 1. The van der Waals surface area contributed by atoms with Crippen molar-refractivity contribution in [2.45, 2.75) is 44.4 Å². The topological polar surface area (TPSA) is 133 Å². The van der Waals surface area contributed by atoms with E-state index in [-0.39, 0.29) is 51.2 Å². The Morgan fingerprint density at radius 3 is 2.56 bits per heavy atom. The number of benzene rings is 3. The number of anilines is 2. The Kier molecular flexibility index (Phi) is 11.0. The minimum absolute atomic E-state index is 0.106. The van der Waals surface area contributed by atoms with E-state index in [0.29, 0.717) is 25.1 Å². The number of nitrogens with one attached hydrogen (secondary N) is 1. The molecule has 0 radical (unpaired) electrons. The SMILES string of the molecule is O=C(OC1CC1Cc1ccccc1)N1CCCC(Nc2nccc(-c3cccnc3Oc3cc(F)c(N(Cc4ccccc4F)S(=O)[O-])c(F)c3F)n2)C1. The maximum absolute atomic E-state index is 15.4. The predicted octanol–water partition coefficient (Wildman–Crippen LogP) is 7.33. The van der Waals surface area contributed by atoms with Crippen LogP contribution in [-0.2, 0) is 29.0 Å². The number of piperidine rings is 1. The Labute approximate surface area is 310 Å². The van der Waals surface area contributed by atoms with Gasteiger partial charge < -0.3 is 24.2 Å². The van der Waals surface area contributed by atoms with E-state index in [2.05, 4.69) is 32.4 Å². The first-order chi connectivity index (χ1) is 26.1. The molecule has 2 aliphatic rings. The molecule has 4 atom stereocenters. The molecular formula is C38H33F4N6O5S-. The molecule has 4 unspecified atom stereocenters. The second-order valence-electron chi connectivity index (χ2n) is 12.9. The predicted molar refractivity (Wildman–Crippen MR) is 190 cm³/mol. The Morgan fingerprint density at radius 2 is 1.76 bits per heavy atom. The highest BCUT2D eigenvalue weighted by Crippen LogP contribution is 2.39. The standard InChI is InChI=1S/C38H34F4N6O5S/c39-28-13-5-4-10-24(28)21-48(54(50)51)35-29(40)20-32(33(41)34(35)42)52-36-27(12-6-15-43-36)30-14-16-44-37(46-30)45-26-11-7-17-47(22-26)38(49)53-31-19-25(31)18-23-8-2-1-3-9-23/h1-6,8-10,12-16,20,25-26,31H,7,11,17-19,21-22H2,(H,50,51)(H,44,45,46)/p-1. The zero-order chi connectivity index (χ0) is 37.8. The zero-order valence-electron chi connectivity index (χ0n) is 28.5. The molecule has 1 saturated carbocycles. The molecule has 1 N–H and O–H groups in total. The molecule has 1 aliphatic heterocycles. The molecule has 1 saturated heterocycles. The molecule has 2 aromatic heterocycles. The van der Waals surface area contributed by atoms with Gasteiger partial charge in [0.05, 0.1) is 17.8 Å². The molecule has 5 aromatic rings. The van der Waals surface area contributed by atoms with Gasteiger partial charge in [0.1, 0.15) is 17.6 Å². The lowest BCUT2D eigenvalue weighted by atomic mass is 10.1. The highest BCUT2D eigenvalue weighted by molar-refractivity contribution is 7.80. The third-order valence-electron chi connectivity index (χ3n) is 9.17. The smallest absolute Gasteiger partial charge is 0.410 e. The van der Waals surface area contributed by atoms with Gasteiger partial charge in [-0.25, -0.2) is 32.9 Å². The third kappa shape index (κ3) is 8.44. The lowest BCUT2D eigenvalue weighted by molar-refractivity contribution is 0.0829. The van der Waals surface area contributed by atoms with Gasteiger partial charge in [-0.05, 0) is 55.5 Å². The quantitative estimate of drug-likeness (QED) is 0.0789. The Balaban J connectivity index is 1.03. The van der Waals surface area contributed by atoms with E-state index < -0.39 is 52.5 Å². The van der Waals surface area contributed by atoms with E-state index in [1.54, 1.807) is 17.0 Å². The molecule has 1 amide bonds. The highest BCUT2D eigenvalue weighted by atomic mass is 32.2. The van der Waals surface area contributed by atoms with Gasteiger partial charge in [-0.3, -0.25) is 8.51 Å². The van der Waals surface area contributed by atoms with Crippen molar-refractivity contribution in [1.82, 2.24) is 19.9 Å². The number of hydrogen-bond acceptors (Lipinski definition) is 9. The van der Waals surface area contributed by atoms with Crippen LogP contribution in [-0.4, -0.2) is 59.9 Å². The van der Waals surface area contributed by atoms with Crippen LogP contribution in [0.1, 0.15) is 30.4 Å². The molecule has 54 heavy (non-hydrogen) atoms. The summed E-state index contributed by atoms with van der Waals surface area (Å²) in [6.07, 6.45) is 5.48. The van der Waals surface area contributed by atoms with Crippen LogP contribution in [0.2, 0.25) is 0 Å². The zero-order valence-corrected chi connectivity index (χ0v) is 29.4. The van der Waals surface area contributed by atoms with Gasteiger partial charge >= 0.3 is 6.09 Å². The first-order valence-corrected chi connectivity index (χ1v) is 18.2. The Bertz CT molecular complexity index is 2170. The maximum Gasteiger partial charge on any atom is 0.410 e. The largest absolute Gasteiger partial charge is 0.755 e. The fraction of sp³-hybridized carbons (Fsp3) is 0.263. The number of carbonyl (C=O) groups is 1. The number of pyridine rings is 1. The molecule has 0 spiro atoms. The Hall–Kier alpha value is -5.61. The first-order valence-electron chi connectivity index (χ1n) is 17.1. The summed E-state index contributed by atoms with van der Waals surface area (Å²) < 4.78 is 95.9. The van der Waals surface area contributed by atoms with Gasteiger partial charge in [-0.1, -0.05) is 48.5 Å². The van der Waals surface area contributed by atoms with Gasteiger partial charge in [0, 0.05) is 60.3 Å². The summed E-state index contributed by atoms with van der Waals surface area (Å²) >= 11 is -3.31. The number of amides is 1. The number of hydrogen-bond donors (Lipinski definition) is 1. The number of ether oxygens (including phenoxy) is 2. The molecule has 3 heterocycles. The summed E-state index contributed by atoms with van der Waals surface area (Å²) in [7, 11) is 0. The monoisotopic (exact) mass is 761 g/mol. The van der Waals surface area contributed by atoms with Gasteiger partial charge in [0.2, 0.25) is 17.6 Å². The van der Waals surface area contributed by atoms with Crippen LogP contribution in [0, 0.1) is 29.2 Å². The van der Waals surface area contributed by atoms with Crippen LogP contribution in [0.5, 0.6) is 11.6 Å². The average Bonchev–Trinajstić information content (AvgIpc) is 3.91. The Morgan fingerprint density at radius 1 is 0.963 bits per heavy atom. The molecule has 7 rings (SSSR count). The van der Waals surface area contributed by atoms with Gasteiger partial charge in [-0.15, -0.1) is 0 Å². The summed E-state index contributed by atoms with van der Waals surface area (Å²) in [5.74, 6) is -6.53. The van der Waals surface area contributed by atoms with Crippen LogP contribution in [0.4, 0.5) is 34.0 Å². The van der Waals surface area contributed by atoms with Crippen molar-refractivity contribution in [2.24, 2.45) is 5.92 Å². The lowest BCUT2D eigenvalue weighted by Crippen LogP contribution is -2.45. The summed E-state index contributed by atoms with van der Waals surface area (Å²) in [4.78, 5) is 27.7. The van der Waals surface area contributed by atoms with Crippen molar-refractivity contribution in [3.05, 3.63) is 126 Å². The normalized spacial score (nSPS) is 18.5. The maximum atomic E-state index is 15.4. The molecular weight excluding hydrogens is 729 g/mol. The van der Waals surface area contributed by atoms with Crippen molar-refractivity contribution in [1.29, 1.82) is 0 Å². The average molecular weight is 762 g/mol. The van der Waals surface area contributed by atoms with Crippen LogP contribution in [0.25, 0.3) is 11.3 Å². The molecule has 1 aliphatic carbocycles. The van der Waals surface area contributed by atoms with Crippen LogP contribution in [0.15, 0.2) is 91.3 Å². The van der Waals surface area contributed by atoms with Crippen molar-refractivity contribution >= 4 is 29.0 Å². The van der Waals surface area contributed by atoms with Crippen molar-refractivity contribution in [3.8, 4) is 22.9 Å². The molecule has 0 bridgehead atoms. The lowest BCUT2D eigenvalue weighted by Gasteiger charge is -2.32. The van der Waals surface area contributed by atoms with Crippen molar-refractivity contribution in [3.63, 3.8) is 0 Å². The van der Waals surface area contributed by atoms with Crippen LogP contribution < -0.4 is 14.4 Å². The molecule has 280 valence electrons. The molecule has 16 heteroatoms. The van der Waals surface area contributed by atoms with E-state index >= 15 is 13.2 Å². The summed E-state index contributed by atoms with van der Waals surface area (Å²) in [6.45, 7) is 0.124. The fourth-order valence-electron chi connectivity index (χ4n) is 6.35. The number of aromatic nitrogens is 3. The summed E-state index contributed by atoms with van der Waals surface area (Å²) in [5.41, 5.74) is 0.261. The first kappa shape index (κ1) is 36.7. The molecule has 3 aromatic carbocycles. The summed E-state index contributed by atoms with van der Waals surface area (Å²) in [6, 6.07) is 20.1. The minimum atomic E-state index is -3.31. The summed E-state index contributed by atoms with van der Waals surface area (Å²) in [5, 5.41) is 3.26. The van der Waals surface area contributed by atoms with E-state index in [1.165, 1.54) is 42.2 Å². The third-order valence-corrected chi connectivity index (χ3v) is 9.85. The van der Waals surface area contributed by atoms with Gasteiger partial charge in [-0.2, -0.15) is 4.39 Å². The van der Waals surface area contributed by atoms with Crippen LogP contribution in [0.3, 0.4) is 0 Å². The van der Waals surface area contributed by atoms with E-state index in [1.807, 2.05) is 18.2 Å². The number of nitrogens with zero attached hydrogens (tertiary/aromatic N) is 5. The second-order valence-corrected chi connectivity index (χ2v) is 13.8. The number of rotatable bonds is 12. The van der Waals surface area contributed by atoms with E-state index in [0.717, 1.165) is 31.7 Å². The second kappa shape index (κ2) is 16.2. The highest BCUT2D eigenvalue weighted by Gasteiger charge is 2.42. The van der Waals surface area contributed by atoms with E-state index in [4.69, 9.17) is 9.47 Å². The van der Waals surface area contributed by atoms with Gasteiger partial charge in [0.15, 0.2) is 17.4 Å². The number of halogens is 4. The fourth-order valence-corrected chi connectivity index (χ4v) is 6.91. The molecule has 2 fully saturated rings. The number of carbonyl (C=O) groups excluding carboxylic acids is 1. The minimum Gasteiger partial charge on any atom is -0.755 e. The molecule has 11 nitrogen and oxygen atoms in total. The van der Waals surface area contributed by atoms with Crippen molar-refractivity contribution in [2.75, 3.05) is 22.7 Å². The van der Waals surface area contributed by atoms with Crippen molar-refractivity contribution < 1.29 is 40.6 Å². The van der Waals surface area contributed by atoms with Gasteiger partial charge in [0.25, 0.3) is 0 Å². The van der Waals surface area contributed by atoms with Crippen LogP contribution >= 0.6 is 0 Å².